The third-order valence-electron chi connectivity index (χ3n) is 11.6. The van der Waals surface area contributed by atoms with Crippen LogP contribution in [0.15, 0.2) is 22.8 Å². The third-order valence-corrected chi connectivity index (χ3v) is 11.6. The van der Waals surface area contributed by atoms with Crippen molar-refractivity contribution in [3.8, 4) is 0 Å². The van der Waals surface area contributed by atoms with Crippen LogP contribution in [-0.2, 0) is 14.3 Å². The van der Waals surface area contributed by atoms with Gasteiger partial charge in [-0.05, 0) is 111 Å². The smallest absolute Gasteiger partial charge is 0.331 e. The number of hydrogen-bond donors (Lipinski definition) is 3. The number of carboxylic acid groups (broad SMARTS) is 1. The highest BCUT2D eigenvalue weighted by Gasteiger charge is 2.70. The molecule has 3 N–H and O–H groups in total. The highest BCUT2D eigenvalue weighted by Crippen LogP contribution is 2.74. The lowest BCUT2D eigenvalue weighted by Crippen LogP contribution is -2.65. The summed E-state index contributed by atoms with van der Waals surface area (Å²) in [7, 11) is 0. The van der Waals surface area contributed by atoms with Crippen LogP contribution >= 0.6 is 0 Å². The minimum atomic E-state index is -0.953. The van der Waals surface area contributed by atoms with Crippen molar-refractivity contribution in [1.29, 1.82) is 0 Å². The van der Waals surface area contributed by atoms with Gasteiger partial charge in [0.25, 0.3) is 0 Å². The zero-order chi connectivity index (χ0) is 27.5. The molecule has 0 radical (unpaired) electrons. The van der Waals surface area contributed by atoms with Crippen LogP contribution in [0.25, 0.3) is 0 Å². The van der Waals surface area contributed by atoms with Gasteiger partial charge in [-0.3, -0.25) is 4.79 Å². The molecule has 0 spiro atoms. The largest absolute Gasteiger partial charge is 0.478 e. The second-order valence-electron chi connectivity index (χ2n) is 13.6. The highest BCUT2D eigenvalue weighted by molar-refractivity contribution is 5.88. The number of carbonyl (C=O) groups excluding carboxylic acids is 1. The number of rotatable bonds is 5. The molecule has 0 aromatic rings. The first-order valence-corrected chi connectivity index (χ1v) is 14.3. The fraction of sp³-hybridized carbons (Fsp3) is 0.806. The van der Waals surface area contributed by atoms with Crippen LogP contribution in [0.2, 0.25) is 0 Å². The van der Waals surface area contributed by atoms with Crippen molar-refractivity contribution >= 4 is 11.9 Å². The Morgan fingerprint density at radius 2 is 1.70 bits per heavy atom. The van der Waals surface area contributed by atoms with E-state index >= 15 is 0 Å². The highest BCUT2D eigenvalue weighted by atomic mass is 16.5. The Hall–Kier alpha value is -1.66. The predicted octanol–water partition coefficient (Wildman–Crippen LogP) is 5.67. The normalized spacial score (nSPS) is 46.2. The van der Waals surface area contributed by atoms with Gasteiger partial charge in [0.15, 0.2) is 0 Å². The number of allylic oxidation sites excluding steroid dienone is 2. The monoisotopic (exact) mass is 516 g/mol. The Bertz CT molecular complexity index is 994. The number of hydrogen-bond acceptors (Lipinski definition) is 5. The van der Waals surface area contributed by atoms with Crippen molar-refractivity contribution in [2.45, 2.75) is 118 Å². The van der Waals surface area contributed by atoms with Crippen molar-refractivity contribution in [2.75, 3.05) is 0 Å². The molecular formula is C31H48O6. The van der Waals surface area contributed by atoms with Crippen molar-refractivity contribution in [3.63, 3.8) is 0 Å². The summed E-state index contributed by atoms with van der Waals surface area (Å²) in [6.45, 7) is 14.5. The first kappa shape index (κ1) is 28.4. The molecule has 0 unspecified atom stereocenters. The maximum absolute atomic E-state index is 12.6. The summed E-state index contributed by atoms with van der Waals surface area (Å²) in [5.41, 5.74) is 1.57. The second kappa shape index (κ2) is 9.82. The Labute approximate surface area is 222 Å². The molecule has 10 atom stereocenters. The number of ether oxygens (including phenoxy) is 1. The van der Waals surface area contributed by atoms with Gasteiger partial charge in [0.1, 0.15) is 6.10 Å². The Morgan fingerprint density at radius 1 is 1.03 bits per heavy atom. The molecule has 6 nitrogen and oxygen atoms in total. The number of carbonyl (C=O) groups is 2. The third kappa shape index (κ3) is 4.40. The molecular weight excluding hydrogens is 468 g/mol. The predicted molar refractivity (Wildman–Crippen MR) is 143 cm³/mol. The van der Waals surface area contributed by atoms with Crippen LogP contribution < -0.4 is 0 Å². The van der Waals surface area contributed by atoms with E-state index in [9.17, 15) is 24.9 Å². The van der Waals surface area contributed by atoms with Gasteiger partial charge >= 0.3 is 11.9 Å². The minimum Gasteiger partial charge on any atom is -0.478 e. The lowest BCUT2D eigenvalue weighted by molar-refractivity contribution is -0.234. The molecule has 4 aliphatic rings. The molecule has 0 aromatic heterocycles. The van der Waals surface area contributed by atoms with Gasteiger partial charge in [-0.2, -0.15) is 0 Å². The number of esters is 1. The van der Waals surface area contributed by atoms with Crippen LogP contribution in [0.4, 0.5) is 0 Å². The Balaban J connectivity index is 1.82. The van der Waals surface area contributed by atoms with Gasteiger partial charge < -0.3 is 20.1 Å². The van der Waals surface area contributed by atoms with E-state index in [4.69, 9.17) is 4.74 Å². The van der Waals surface area contributed by atoms with Gasteiger partial charge in [-0.25, -0.2) is 4.79 Å². The lowest BCUT2D eigenvalue weighted by Gasteiger charge is -2.69. The van der Waals surface area contributed by atoms with E-state index in [1.807, 2.05) is 19.9 Å². The van der Waals surface area contributed by atoms with Gasteiger partial charge in [0.05, 0.1) is 12.2 Å². The first-order valence-electron chi connectivity index (χ1n) is 14.3. The zero-order valence-electron chi connectivity index (χ0n) is 23.8. The number of aliphatic hydroxyl groups excluding tert-OH is 2. The van der Waals surface area contributed by atoms with E-state index in [1.165, 1.54) is 6.92 Å². The average Bonchev–Trinajstić information content (AvgIpc) is 3.05. The summed E-state index contributed by atoms with van der Waals surface area (Å²) < 4.78 is 5.87. The van der Waals surface area contributed by atoms with Crippen LogP contribution in [0, 0.1) is 39.9 Å². The maximum Gasteiger partial charge on any atom is 0.331 e. The molecule has 0 bridgehead atoms. The number of aliphatic carboxylic acids is 1. The van der Waals surface area contributed by atoms with E-state index in [0.717, 1.165) is 36.8 Å². The van der Waals surface area contributed by atoms with Crippen LogP contribution in [0.5, 0.6) is 0 Å². The van der Waals surface area contributed by atoms with E-state index in [0.29, 0.717) is 37.2 Å². The van der Waals surface area contributed by atoms with Gasteiger partial charge in [0, 0.05) is 12.5 Å². The molecule has 0 amide bonds. The standard InChI is InChI=1S/C31H48O6/c1-17(2)9-8-10-20(28(35)36)26-22-15-24(34)27-29(5)13-12-23(33)18(3)21(29)11-14-30(27,6)31(22,7)16-25(26)37-19(4)32/h9,18,21-25,27,33-34H,8,10-16H2,1-7H3,(H,35,36)/b26-20+/t18-,21+,22+,23-,24-,25+,27+,29+,30-,31+/m0/s1. The summed E-state index contributed by atoms with van der Waals surface area (Å²) >= 11 is 0. The number of fused-ring (bicyclic) bond motifs is 5. The topological polar surface area (TPSA) is 104 Å². The van der Waals surface area contributed by atoms with Crippen LogP contribution in [0.3, 0.4) is 0 Å². The molecule has 4 fully saturated rings. The van der Waals surface area contributed by atoms with E-state index in [2.05, 4.69) is 27.7 Å². The maximum atomic E-state index is 12.6. The second-order valence-corrected chi connectivity index (χ2v) is 13.6. The first-order chi connectivity index (χ1) is 17.2. The number of aliphatic hydroxyl groups is 2. The van der Waals surface area contributed by atoms with E-state index < -0.39 is 24.1 Å². The fourth-order valence-electron chi connectivity index (χ4n) is 9.79. The van der Waals surface area contributed by atoms with Crippen molar-refractivity contribution in [1.82, 2.24) is 0 Å². The quantitative estimate of drug-likeness (QED) is 0.247. The summed E-state index contributed by atoms with van der Waals surface area (Å²) in [6.07, 6.45) is 6.22. The Kier molecular flexibility index (Phi) is 7.53. The molecule has 208 valence electrons. The van der Waals surface area contributed by atoms with Crippen LogP contribution in [0.1, 0.15) is 99.8 Å². The molecule has 0 saturated heterocycles. The van der Waals surface area contributed by atoms with Crippen molar-refractivity contribution in [2.24, 2.45) is 39.9 Å². The molecule has 6 heteroatoms. The Morgan fingerprint density at radius 3 is 2.30 bits per heavy atom. The lowest BCUT2D eigenvalue weighted by atomic mass is 9.36. The summed E-state index contributed by atoms with van der Waals surface area (Å²) in [4.78, 5) is 24.8. The molecule has 37 heavy (non-hydrogen) atoms. The molecule has 4 rings (SSSR count). The van der Waals surface area contributed by atoms with Gasteiger partial charge in [-0.15, -0.1) is 0 Å². The summed E-state index contributed by atoms with van der Waals surface area (Å²) in [5.74, 6) is -0.909. The fourth-order valence-corrected chi connectivity index (χ4v) is 9.79. The van der Waals surface area contributed by atoms with E-state index in [-0.39, 0.29) is 40.1 Å². The zero-order valence-corrected chi connectivity index (χ0v) is 23.8. The van der Waals surface area contributed by atoms with Gasteiger partial charge in [0.2, 0.25) is 0 Å². The average molecular weight is 517 g/mol. The van der Waals surface area contributed by atoms with Gasteiger partial charge in [-0.1, -0.05) is 39.3 Å². The SMILES string of the molecule is CC(=O)O[C@@H]1C[C@]2(C)[C@H](C[C@H](O)[C@@H]3[C@]4(C)CC[C@H](O)[C@@H](C)[C@H]4CC[C@@]32C)/C1=C(/CCC=C(C)C)C(=O)O. The number of carboxylic acids is 1. The van der Waals surface area contributed by atoms with Crippen molar-refractivity contribution in [3.05, 3.63) is 22.8 Å². The minimum absolute atomic E-state index is 0.0474. The summed E-state index contributed by atoms with van der Waals surface area (Å²) in [6, 6.07) is 0. The molecule has 4 aliphatic carbocycles. The molecule has 0 heterocycles. The van der Waals surface area contributed by atoms with E-state index in [1.54, 1.807) is 0 Å². The van der Waals surface area contributed by atoms with Crippen molar-refractivity contribution < 1.29 is 29.6 Å². The molecule has 0 aliphatic heterocycles. The molecule has 4 saturated carbocycles. The van der Waals surface area contributed by atoms with Crippen LogP contribution in [-0.4, -0.2) is 45.6 Å². The molecule has 0 aromatic carbocycles. The summed E-state index contributed by atoms with van der Waals surface area (Å²) in [5, 5.41) is 32.9.